The van der Waals surface area contributed by atoms with E-state index in [1.165, 1.54) is 13.8 Å². The lowest BCUT2D eigenvalue weighted by Crippen LogP contribution is -2.27. The van der Waals surface area contributed by atoms with Gasteiger partial charge >= 0.3 is 12.4 Å². The highest BCUT2D eigenvalue weighted by Crippen LogP contribution is 2.45. The van der Waals surface area contributed by atoms with Gasteiger partial charge in [-0.05, 0) is 29.5 Å². The topological polar surface area (TPSA) is 0 Å². The van der Waals surface area contributed by atoms with Gasteiger partial charge in [0.05, 0.1) is 11.1 Å². The lowest BCUT2D eigenvalue weighted by Gasteiger charge is -2.31. The summed E-state index contributed by atoms with van der Waals surface area (Å²) >= 11 is 0. The van der Waals surface area contributed by atoms with E-state index in [1.807, 2.05) is 0 Å². The Balaban J connectivity index is 3.66. The first-order valence-corrected chi connectivity index (χ1v) is 6.19. The van der Waals surface area contributed by atoms with Gasteiger partial charge in [-0.25, -0.2) is 0 Å². The number of halogens is 6. The van der Waals surface area contributed by atoms with Gasteiger partial charge in [-0.15, -0.1) is 0 Å². The number of benzene rings is 1. The van der Waals surface area contributed by atoms with Crippen LogP contribution >= 0.6 is 0 Å². The third kappa shape index (κ3) is 3.46. The Morgan fingerprint density at radius 2 is 1.25 bits per heavy atom. The summed E-state index contributed by atoms with van der Waals surface area (Å²) in [7, 11) is 0. The average Bonchev–Trinajstić information content (AvgIpc) is 2.25. The maximum Gasteiger partial charge on any atom is 0.416 e. The second-order valence-corrected chi connectivity index (χ2v) is 5.36. The molecule has 0 nitrogen and oxygen atoms in total. The third-order valence-corrected chi connectivity index (χ3v) is 3.23. The van der Waals surface area contributed by atoms with E-state index in [9.17, 15) is 26.3 Å². The lowest BCUT2D eigenvalue weighted by molar-refractivity contribution is -0.145. The predicted molar refractivity (Wildman–Crippen MR) is 64.4 cm³/mol. The van der Waals surface area contributed by atoms with Gasteiger partial charge in [0.2, 0.25) is 0 Å². The zero-order chi connectivity index (χ0) is 15.8. The molecule has 0 heterocycles. The van der Waals surface area contributed by atoms with Crippen molar-refractivity contribution in [1.29, 1.82) is 0 Å². The molecule has 0 bridgehead atoms. The smallest absolute Gasteiger partial charge is 0.166 e. The highest BCUT2D eigenvalue weighted by Gasteiger charge is 2.44. The van der Waals surface area contributed by atoms with Gasteiger partial charge in [-0.1, -0.05) is 33.3 Å². The van der Waals surface area contributed by atoms with Gasteiger partial charge in [-0.2, -0.15) is 26.3 Å². The molecular weight excluding hydrogens is 282 g/mol. The van der Waals surface area contributed by atoms with E-state index in [0.717, 1.165) is 6.07 Å². The van der Waals surface area contributed by atoms with Crippen molar-refractivity contribution in [2.24, 2.45) is 0 Å². The van der Waals surface area contributed by atoms with Crippen molar-refractivity contribution < 1.29 is 26.3 Å². The molecule has 1 aromatic carbocycles. The summed E-state index contributed by atoms with van der Waals surface area (Å²) in [5, 5.41) is 0. The minimum atomic E-state index is -4.80. The Hall–Kier alpha value is -1.20. The first kappa shape index (κ1) is 16.9. The molecule has 0 fully saturated rings. The molecule has 0 saturated heterocycles. The normalized spacial score (nSPS) is 13.7. The number of hydrogen-bond donors (Lipinski definition) is 0. The molecule has 6 heteroatoms. The third-order valence-electron chi connectivity index (χ3n) is 3.23. The lowest BCUT2D eigenvalue weighted by atomic mass is 9.75. The van der Waals surface area contributed by atoms with E-state index in [2.05, 4.69) is 0 Å². The molecule has 20 heavy (non-hydrogen) atoms. The number of hydrogen-bond acceptors (Lipinski definition) is 0. The maximum atomic E-state index is 13.0. The van der Waals surface area contributed by atoms with E-state index < -0.39 is 34.5 Å². The fourth-order valence-corrected chi connectivity index (χ4v) is 2.50. The van der Waals surface area contributed by atoms with Gasteiger partial charge in [0, 0.05) is 0 Å². The number of alkyl halides is 6. The quantitative estimate of drug-likeness (QED) is 0.618. The molecular formula is C14H16F6. The van der Waals surface area contributed by atoms with E-state index in [1.54, 1.807) is 6.92 Å². The van der Waals surface area contributed by atoms with E-state index in [-0.39, 0.29) is 6.42 Å². The standard InChI is InChI=1S/C14H16F6/c1-4-8-12(2,3)11-9(13(15,16)17)6-5-7-10(11)14(18,19)20/h5-7H,4,8H2,1-3H3. The van der Waals surface area contributed by atoms with Crippen molar-refractivity contribution in [3.8, 4) is 0 Å². The van der Waals surface area contributed by atoms with Crippen LogP contribution in [0.5, 0.6) is 0 Å². The van der Waals surface area contributed by atoms with Crippen LogP contribution in [-0.4, -0.2) is 0 Å². The molecule has 0 unspecified atom stereocenters. The fraction of sp³-hybridized carbons (Fsp3) is 0.571. The highest BCUT2D eigenvalue weighted by molar-refractivity contribution is 5.43. The molecule has 0 spiro atoms. The Kier molecular flexibility index (Phi) is 4.46. The van der Waals surface area contributed by atoms with E-state index in [0.29, 0.717) is 18.6 Å². The molecule has 0 radical (unpaired) electrons. The predicted octanol–water partition coefficient (Wildman–Crippen LogP) is 5.80. The monoisotopic (exact) mass is 298 g/mol. The first-order chi connectivity index (χ1) is 8.91. The Morgan fingerprint density at radius 3 is 1.55 bits per heavy atom. The van der Waals surface area contributed by atoms with Gasteiger partial charge in [0.15, 0.2) is 0 Å². The van der Waals surface area contributed by atoms with Crippen molar-refractivity contribution >= 4 is 0 Å². The van der Waals surface area contributed by atoms with Crippen LogP contribution in [0.3, 0.4) is 0 Å². The molecule has 114 valence electrons. The highest BCUT2D eigenvalue weighted by atomic mass is 19.4. The summed E-state index contributed by atoms with van der Waals surface area (Å²) in [5.41, 5.74) is -4.27. The molecule has 0 atom stereocenters. The van der Waals surface area contributed by atoms with Crippen LogP contribution < -0.4 is 0 Å². The second-order valence-electron chi connectivity index (χ2n) is 5.36. The van der Waals surface area contributed by atoms with E-state index >= 15 is 0 Å². The van der Waals surface area contributed by atoms with Crippen LogP contribution in [0.1, 0.15) is 50.3 Å². The summed E-state index contributed by atoms with van der Waals surface area (Å²) in [4.78, 5) is 0. The molecule has 1 aromatic rings. The molecule has 0 aliphatic rings. The molecule has 1 rings (SSSR count). The van der Waals surface area contributed by atoms with Crippen LogP contribution in [0.15, 0.2) is 18.2 Å². The largest absolute Gasteiger partial charge is 0.416 e. The number of rotatable bonds is 3. The summed E-state index contributed by atoms with van der Waals surface area (Å²) in [6.07, 6.45) is -8.87. The van der Waals surface area contributed by atoms with Crippen LogP contribution in [0.25, 0.3) is 0 Å². The summed E-state index contributed by atoms with van der Waals surface area (Å²) in [5.74, 6) is 0. The van der Waals surface area contributed by atoms with Crippen molar-refractivity contribution in [1.82, 2.24) is 0 Å². The van der Waals surface area contributed by atoms with Gasteiger partial charge < -0.3 is 0 Å². The summed E-state index contributed by atoms with van der Waals surface area (Å²) in [6.45, 7) is 4.55. The van der Waals surface area contributed by atoms with Gasteiger partial charge in [0.1, 0.15) is 0 Å². The van der Waals surface area contributed by atoms with Crippen molar-refractivity contribution in [2.75, 3.05) is 0 Å². The van der Waals surface area contributed by atoms with Crippen LogP contribution in [-0.2, 0) is 17.8 Å². The minimum absolute atomic E-state index is 0.239. The van der Waals surface area contributed by atoms with Crippen LogP contribution in [0, 0.1) is 0 Å². The summed E-state index contributed by atoms with van der Waals surface area (Å²) < 4.78 is 78.1. The Bertz CT molecular complexity index is 435. The SMILES string of the molecule is CCCC(C)(C)c1c(C(F)(F)F)cccc1C(F)(F)F. The minimum Gasteiger partial charge on any atom is -0.166 e. The van der Waals surface area contributed by atoms with E-state index in [4.69, 9.17) is 0 Å². The zero-order valence-electron chi connectivity index (χ0n) is 11.4. The molecule has 0 aliphatic carbocycles. The second kappa shape index (κ2) is 5.30. The van der Waals surface area contributed by atoms with Gasteiger partial charge in [-0.3, -0.25) is 0 Å². The molecule has 0 amide bonds. The van der Waals surface area contributed by atoms with Crippen LogP contribution in [0.4, 0.5) is 26.3 Å². The Labute approximate surface area is 113 Å². The first-order valence-electron chi connectivity index (χ1n) is 6.19. The zero-order valence-corrected chi connectivity index (χ0v) is 11.4. The van der Waals surface area contributed by atoms with Crippen molar-refractivity contribution in [2.45, 2.75) is 51.4 Å². The average molecular weight is 298 g/mol. The van der Waals surface area contributed by atoms with Crippen molar-refractivity contribution in [3.05, 3.63) is 34.9 Å². The van der Waals surface area contributed by atoms with Gasteiger partial charge in [0.25, 0.3) is 0 Å². The Morgan fingerprint density at radius 1 is 0.850 bits per heavy atom. The molecule has 0 saturated carbocycles. The fourth-order valence-electron chi connectivity index (χ4n) is 2.50. The molecule has 0 aromatic heterocycles. The van der Waals surface area contributed by atoms with Crippen LogP contribution in [0.2, 0.25) is 0 Å². The van der Waals surface area contributed by atoms with Crippen molar-refractivity contribution in [3.63, 3.8) is 0 Å². The molecule has 0 N–H and O–H groups in total. The maximum absolute atomic E-state index is 13.0. The molecule has 0 aliphatic heterocycles. The summed E-state index contributed by atoms with van der Waals surface area (Å²) in [6, 6.07) is 2.22.